The molecule has 6 heteroatoms. The largest absolute Gasteiger partial charge is 0.480 e. The highest BCUT2D eigenvalue weighted by Crippen LogP contribution is 2.10. The zero-order valence-electron chi connectivity index (χ0n) is 11.1. The second-order valence-electron chi connectivity index (χ2n) is 4.71. The molecule has 106 valence electrons. The zero-order valence-corrected chi connectivity index (χ0v) is 11.1. The van der Waals surface area contributed by atoms with E-state index in [4.69, 9.17) is 5.11 Å². The number of carbonyl (C=O) groups is 1. The standard InChI is InChI=1S/C14H16FN3O2/c1-10-5-13(17-16-10)8-18(9-14(19)20)7-11-3-2-4-12(15)6-11/h2-6H,7-9H2,1H3,(H,16,17)(H,19,20). The lowest BCUT2D eigenvalue weighted by Gasteiger charge is -2.19. The van der Waals surface area contributed by atoms with Crippen molar-refractivity contribution in [3.63, 3.8) is 0 Å². The van der Waals surface area contributed by atoms with Crippen molar-refractivity contribution >= 4 is 5.97 Å². The second-order valence-corrected chi connectivity index (χ2v) is 4.71. The van der Waals surface area contributed by atoms with Gasteiger partial charge in [-0.05, 0) is 30.7 Å². The minimum atomic E-state index is -0.923. The van der Waals surface area contributed by atoms with Crippen LogP contribution in [0.25, 0.3) is 0 Å². The van der Waals surface area contributed by atoms with Crippen molar-refractivity contribution in [1.82, 2.24) is 15.1 Å². The van der Waals surface area contributed by atoms with Crippen LogP contribution in [0.2, 0.25) is 0 Å². The Bertz CT molecular complexity index is 598. The maximum atomic E-state index is 13.2. The van der Waals surface area contributed by atoms with E-state index >= 15 is 0 Å². The molecule has 2 aromatic rings. The van der Waals surface area contributed by atoms with Crippen molar-refractivity contribution < 1.29 is 14.3 Å². The zero-order chi connectivity index (χ0) is 14.5. The summed E-state index contributed by atoms with van der Waals surface area (Å²) in [4.78, 5) is 12.6. The van der Waals surface area contributed by atoms with E-state index < -0.39 is 5.97 Å². The number of nitrogens with one attached hydrogen (secondary N) is 1. The molecule has 0 fully saturated rings. The van der Waals surface area contributed by atoms with Crippen LogP contribution in [0.4, 0.5) is 4.39 Å². The molecular weight excluding hydrogens is 261 g/mol. The van der Waals surface area contributed by atoms with Gasteiger partial charge in [0.1, 0.15) is 5.82 Å². The van der Waals surface area contributed by atoms with Gasteiger partial charge in [-0.3, -0.25) is 14.8 Å². The molecule has 0 spiro atoms. The van der Waals surface area contributed by atoms with Gasteiger partial charge in [-0.15, -0.1) is 0 Å². The highest BCUT2D eigenvalue weighted by Gasteiger charge is 2.13. The summed E-state index contributed by atoms with van der Waals surface area (Å²) in [5.41, 5.74) is 2.42. The minimum absolute atomic E-state index is 0.123. The van der Waals surface area contributed by atoms with E-state index in [2.05, 4.69) is 10.2 Å². The third-order valence-corrected chi connectivity index (χ3v) is 2.80. The van der Waals surface area contributed by atoms with Crippen LogP contribution in [-0.2, 0) is 17.9 Å². The number of hydrogen-bond donors (Lipinski definition) is 2. The molecule has 0 saturated heterocycles. The lowest BCUT2D eigenvalue weighted by molar-refractivity contribution is -0.138. The number of H-pyrrole nitrogens is 1. The fourth-order valence-corrected chi connectivity index (χ4v) is 2.04. The molecule has 20 heavy (non-hydrogen) atoms. The summed E-state index contributed by atoms with van der Waals surface area (Å²) in [6.45, 7) is 2.51. The maximum Gasteiger partial charge on any atom is 0.317 e. The number of aliphatic carboxylic acids is 1. The van der Waals surface area contributed by atoms with Crippen LogP contribution < -0.4 is 0 Å². The number of carboxylic acids is 1. The molecule has 1 aromatic carbocycles. The lowest BCUT2D eigenvalue weighted by atomic mass is 10.2. The summed E-state index contributed by atoms with van der Waals surface area (Å²) < 4.78 is 13.2. The lowest BCUT2D eigenvalue weighted by Crippen LogP contribution is -2.29. The van der Waals surface area contributed by atoms with Gasteiger partial charge in [0.2, 0.25) is 0 Å². The summed E-state index contributed by atoms with van der Waals surface area (Å²) >= 11 is 0. The number of aromatic amines is 1. The van der Waals surface area contributed by atoms with E-state index in [0.717, 1.165) is 17.0 Å². The van der Waals surface area contributed by atoms with Gasteiger partial charge in [0.05, 0.1) is 12.2 Å². The molecule has 1 heterocycles. The van der Waals surface area contributed by atoms with Crippen LogP contribution in [0.1, 0.15) is 17.0 Å². The number of benzene rings is 1. The maximum absolute atomic E-state index is 13.2. The van der Waals surface area contributed by atoms with Crippen molar-refractivity contribution in [2.24, 2.45) is 0 Å². The first kappa shape index (κ1) is 14.2. The predicted octanol–water partition coefficient (Wildman–Crippen LogP) is 1.94. The highest BCUT2D eigenvalue weighted by atomic mass is 19.1. The molecule has 0 unspecified atom stereocenters. The number of rotatable bonds is 6. The fourth-order valence-electron chi connectivity index (χ4n) is 2.04. The third-order valence-electron chi connectivity index (χ3n) is 2.80. The Morgan fingerprint density at radius 3 is 2.80 bits per heavy atom. The van der Waals surface area contributed by atoms with E-state index in [1.165, 1.54) is 12.1 Å². The fraction of sp³-hybridized carbons (Fsp3) is 0.286. The van der Waals surface area contributed by atoms with Gasteiger partial charge >= 0.3 is 5.97 Å². The average molecular weight is 277 g/mol. The Morgan fingerprint density at radius 2 is 2.20 bits per heavy atom. The summed E-state index contributed by atoms with van der Waals surface area (Å²) in [5, 5.41) is 15.9. The van der Waals surface area contributed by atoms with Crippen molar-refractivity contribution in [3.8, 4) is 0 Å². The minimum Gasteiger partial charge on any atom is -0.480 e. The molecule has 0 radical (unpaired) electrons. The van der Waals surface area contributed by atoms with Crippen LogP contribution in [0, 0.1) is 12.7 Å². The Labute approximate surface area is 116 Å². The average Bonchev–Trinajstić information content (AvgIpc) is 2.73. The van der Waals surface area contributed by atoms with Gasteiger partial charge in [-0.1, -0.05) is 12.1 Å². The Kier molecular flexibility index (Phi) is 4.47. The van der Waals surface area contributed by atoms with Crippen molar-refractivity contribution in [1.29, 1.82) is 0 Å². The van der Waals surface area contributed by atoms with Crippen LogP contribution in [0.15, 0.2) is 30.3 Å². The topological polar surface area (TPSA) is 69.2 Å². The molecule has 0 saturated carbocycles. The molecule has 0 aliphatic rings. The molecule has 2 rings (SSSR count). The van der Waals surface area contributed by atoms with Crippen LogP contribution >= 0.6 is 0 Å². The van der Waals surface area contributed by atoms with Gasteiger partial charge in [-0.2, -0.15) is 5.10 Å². The number of halogens is 1. The first-order valence-electron chi connectivity index (χ1n) is 6.22. The van der Waals surface area contributed by atoms with Gasteiger partial charge in [-0.25, -0.2) is 4.39 Å². The SMILES string of the molecule is Cc1cc(CN(CC(=O)O)Cc2cccc(F)c2)n[nH]1. The quantitative estimate of drug-likeness (QED) is 0.846. The van der Waals surface area contributed by atoms with E-state index in [0.29, 0.717) is 13.1 Å². The molecule has 0 aliphatic carbocycles. The first-order valence-corrected chi connectivity index (χ1v) is 6.22. The highest BCUT2D eigenvalue weighted by molar-refractivity contribution is 5.69. The third kappa shape index (κ3) is 4.17. The Morgan fingerprint density at radius 1 is 1.40 bits per heavy atom. The molecule has 2 N–H and O–H groups in total. The smallest absolute Gasteiger partial charge is 0.317 e. The Balaban J connectivity index is 2.09. The number of hydrogen-bond acceptors (Lipinski definition) is 3. The number of nitrogens with zero attached hydrogens (tertiary/aromatic N) is 2. The molecule has 0 aliphatic heterocycles. The van der Waals surface area contributed by atoms with Crippen molar-refractivity contribution in [3.05, 3.63) is 53.1 Å². The van der Waals surface area contributed by atoms with Crippen LogP contribution in [-0.4, -0.2) is 32.7 Å². The first-order chi connectivity index (χ1) is 9.52. The number of carboxylic acid groups (broad SMARTS) is 1. The van der Waals surface area contributed by atoms with E-state index in [-0.39, 0.29) is 12.4 Å². The summed E-state index contributed by atoms with van der Waals surface area (Å²) in [6, 6.07) is 8.02. The molecule has 0 amide bonds. The number of aromatic nitrogens is 2. The second kappa shape index (κ2) is 6.29. The summed E-state index contributed by atoms with van der Waals surface area (Å²) in [6.07, 6.45) is 0. The van der Waals surface area contributed by atoms with Crippen LogP contribution in [0.5, 0.6) is 0 Å². The van der Waals surface area contributed by atoms with E-state index in [1.807, 2.05) is 13.0 Å². The molecule has 0 atom stereocenters. The van der Waals surface area contributed by atoms with Crippen LogP contribution in [0.3, 0.4) is 0 Å². The van der Waals surface area contributed by atoms with Gasteiger partial charge in [0.25, 0.3) is 0 Å². The summed E-state index contributed by atoms with van der Waals surface area (Å²) in [7, 11) is 0. The summed E-state index contributed by atoms with van der Waals surface area (Å²) in [5.74, 6) is -1.25. The van der Waals surface area contributed by atoms with E-state index in [1.54, 1.807) is 17.0 Å². The molecule has 5 nitrogen and oxygen atoms in total. The predicted molar refractivity (Wildman–Crippen MR) is 71.5 cm³/mol. The molecule has 0 bridgehead atoms. The van der Waals surface area contributed by atoms with Gasteiger partial charge in [0, 0.05) is 18.8 Å². The van der Waals surface area contributed by atoms with Crippen molar-refractivity contribution in [2.45, 2.75) is 20.0 Å². The molecule has 1 aromatic heterocycles. The van der Waals surface area contributed by atoms with Gasteiger partial charge < -0.3 is 5.11 Å². The Hall–Kier alpha value is -2.21. The number of aryl methyl sites for hydroxylation is 1. The normalized spacial score (nSPS) is 10.9. The molecular formula is C14H16FN3O2. The van der Waals surface area contributed by atoms with E-state index in [9.17, 15) is 9.18 Å². The van der Waals surface area contributed by atoms with Gasteiger partial charge in [0.15, 0.2) is 0 Å². The monoisotopic (exact) mass is 277 g/mol. The van der Waals surface area contributed by atoms with Crippen molar-refractivity contribution in [2.75, 3.05) is 6.54 Å².